The lowest BCUT2D eigenvalue weighted by molar-refractivity contribution is 0.0994. The Kier molecular flexibility index (Phi) is 7.51. The van der Waals surface area contributed by atoms with E-state index in [1.54, 1.807) is 17.0 Å². The summed E-state index contributed by atoms with van der Waals surface area (Å²) in [6, 6.07) is 13.6. The molecule has 1 amide bonds. The number of ether oxygens (including phenoxy) is 2. The SMILES string of the molecule is Cc1cc(OCc2cnc(C)nc2)cc(Oc2ccc(-n3cc(C[C@H]4CCCN4C)c(N)c3C(N)=O)cc2)c1. The average Bonchev–Trinajstić information content (AvgIpc) is 3.46. The van der Waals surface area contributed by atoms with Crippen molar-refractivity contribution in [3.8, 4) is 22.9 Å². The van der Waals surface area contributed by atoms with Gasteiger partial charge in [-0.05, 0) is 94.2 Å². The van der Waals surface area contributed by atoms with E-state index < -0.39 is 5.91 Å². The van der Waals surface area contributed by atoms with Crippen molar-refractivity contribution in [3.05, 3.63) is 89.3 Å². The van der Waals surface area contributed by atoms with E-state index in [0.29, 0.717) is 41.3 Å². The summed E-state index contributed by atoms with van der Waals surface area (Å²) in [4.78, 5) is 23.1. The lowest BCUT2D eigenvalue weighted by Crippen LogP contribution is -2.27. The van der Waals surface area contributed by atoms with E-state index in [4.69, 9.17) is 20.9 Å². The zero-order chi connectivity index (χ0) is 27.5. The standard InChI is InChI=1S/C30H34N6O3/c1-19-11-26(38-18-21-15-33-20(2)34-16-21)14-27(12-19)39-25-8-6-23(7-9-25)36-17-22(28(31)29(36)30(32)37)13-24-5-4-10-35(24)3/h6-9,11-12,14-17,24H,4-5,10,13,18,31H2,1-3H3,(H2,32,37)/t24-/m1/s1. The van der Waals surface area contributed by atoms with Crippen molar-refractivity contribution < 1.29 is 14.3 Å². The fraction of sp³-hybridized carbons (Fsp3) is 0.300. The molecular weight excluding hydrogens is 492 g/mol. The Labute approximate surface area is 228 Å². The van der Waals surface area contributed by atoms with Crippen molar-refractivity contribution in [3.63, 3.8) is 0 Å². The summed E-state index contributed by atoms with van der Waals surface area (Å²) in [7, 11) is 2.13. The number of likely N-dealkylation sites (tertiary alicyclic amines) is 1. The molecule has 1 aliphatic heterocycles. The Balaban J connectivity index is 1.31. The van der Waals surface area contributed by atoms with Crippen LogP contribution in [0.1, 0.15) is 45.8 Å². The fourth-order valence-corrected chi connectivity index (χ4v) is 5.01. The molecule has 39 heavy (non-hydrogen) atoms. The van der Waals surface area contributed by atoms with E-state index in [0.717, 1.165) is 47.6 Å². The highest BCUT2D eigenvalue weighted by molar-refractivity contribution is 5.98. The van der Waals surface area contributed by atoms with Gasteiger partial charge >= 0.3 is 0 Å². The third kappa shape index (κ3) is 6.04. The first-order chi connectivity index (χ1) is 18.8. The van der Waals surface area contributed by atoms with Crippen molar-refractivity contribution >= 4 is 11.6 Å². The molecule has 0 unspecified atom stereocenters. The summed E-state index contributed by atoms with van der Waals surface area (Å²) in [5, 5.41) is 0. The Hall–Kier alpha value is -4.37. The van der Waals surface area contributed by atoms with E-state index in [-0.39, 0.29) is 0 Å². The Morgan fingerprint density at radius 3 is 2.44 bits per heavy atom. The molecule has 0 saturated carbocycles. The van der Waals surface area contributed by atoms with Crippen LogP contribution in [0.15, 0.2) is 61.1 Å². The van der Waals surface area contributed by atoms with Crippen molar-refractivity contribution in [2.24, 2.45) is 5.73 Å². The Morgan fingerprint density at radius 1 is 1.05 bits per heavy atom. The molecule has 1 aliphatic rings. The van der Waals surface area contributed by atoms with Gasteiger partial charge in [-0.15, -0.1) is 0 Å². The summed E-state index contributed by atoms with van der Waals surface area (Å²) in [6.07, 6.45) is 8.52. The van der Waals surface area contributed by atoms with Crippen molar-refractivity contribution in [1.82, 2.24) is 19.4 Å². The molecule has 4 N–H and O–H groups in total. The van der Waals surface area contributed by atoms with Crippen LogP contribution in [0.3, 0.4) is 0 Å². The number of nitrogens with zero attached hydrogens (tertiary/aromatic N) is 4. The minimum absolute atomic E-state index is 0.304. The number of anilines is 1. The van der Waals surface area contributed by atoms with Crippen LogP contribution in [0.4, 0.5) is 5.69 Å². The molecule has 5 rings (SSSR count). The first kappa shape index (κ1) is 26.2. The molecule has 1 atom stereocenters. The second-order valence-corrected chi connectivity index (χ2v) is 10.1. The normalized spacial score (nSPS) is 15.4. The van der Waals surface area contributed by atoms with Crippen LogP contribution in [0, 0.1) is 13.8 Å². The number of aryl methyl sites for hydroxylation is 2. The third-order valence-corrected chi connectivity index (χ3v) is 7.10. The van der Waals surface area contributed by atoms with Gasteiger partial charge in [0, 0.05) is 41.9 Å². The summed E-state index contributed by atoms with van der Waals surface area (Å²) < 4.78 is 13.9. The van der Waals surface area contributed by atoms with Gasteiger partial charge in [-0.1, -0.05) is 0 Å². The molecule has 9 heteroatoms. The smallest absolute Gasteiger partial charge is 0.267 e. The summed E-state index contributed by atoms with van der Waals surface area (Å²) in [5.74, 6) is 2.17. The minimum Gasteiger partial charge on any atom is -0.489 e. The Morgan fingerprint density at radius 2 is 1.77 bits per heavy atom. The van der Waals surface area contributed by atoms with Gasteiger partial charge < -0.3 is 30.4 Å². The van der Waals surface area contributed by atoms with Crippen LogP contribution >= 0.6 is 0 Å². The number of carbonyl (C=O) groups is 1. The van der Waals surface area contributed by atoms with E-state index in [1.807, 2.05) is 62.5 Å². The number of hydrogen-bond donors (Lipinski definition) is 2. The maximum absolute atomic E-state index is 12.3. The fourth-order valence-electron chi connectivity index (χ4n) is 5.01. The molecule has 9 nitrogen and oxygen atoms in total. The quantitative estimate of drug-likeness (QED) is 0.328. The number of rotatable bonds is 9. The predicted molar refractivity (Wildman–Crippen MR) is 150 cm³/mol. The number of likely N-dealkylation sites (N-methyl/N-ethyl adjacent to an activating group) is 1. The molecule has 2 aromatic carbocycles. The molecule has 3 heterocycles. The highest BCUT2D eigenvalue weighted by Gasteiger charge is 2.25. The highest BCUT2D eigenvalue weighted by atomic mass is 16.5. The van der Waals surface area contributed by atoms with Crippen molar-refractivity contribution in [2.45, 2.75) is 45.8 Å². The zero-order valence-electron chi connectivity index (χ0n) is 22.6. The largest absolute Gasteiger partial charge is 0.489 e. The van der Waals surface area contributed by atoms with Gasteiger partial charge in [-0.25, -0.2) is 9.97 Å². The van der Waals surface area contributed by atoms with Crippen molar-refractivity contribution in [2.75, 3.05) is 19.3 Å². The predicted octanol–water partition coefficient (Wildman–Crippen LogP) is 4.57. The number of nitrogen functional groups attached to an aromatic ring is 1. The van der Waals surface area contributed by atoms with Crippen LogP contribution in [0.5, 0.6) is 17.2 Å². The van der Waals surface area contributed by atoms with Crippen LogP contribution in [-0.2, 0) is 13.0 Å². The van der Waals surface area contributed by atoms with E-state index >= 15 is 0 Å². The maximum Gasteiger partial charge on any atom is 0.267 e. The van der Waals surface area contributed by atoms with Crippen LogP contribution < -0.4 is 20.9 Å². The van der Waals surface area contributed by atoms with Gasteiger partial charge in [-0.3, -0.25) is 4.79 Å². The molecule has 0 radical (unpaired) electrons. The minimum atomic E-state index is -0.552. The first-order valence-corrected chi connectivity index (χ1v) is 13.1. The number of primary amides is 1. The van der Waals surface area contributed by atoms with E-state index in [1.165, 1.54) is 6.42 Å². The molecule has 202 valence electrons. The number of amides is 1. The number of aromatic nitrogens is 3. The summed E-state index contributed by atoms with van der Waals surface area (Å²) in [6.45, 7) is 5.27. The second-order valence-electron chi connectivity index (χ2n) is 10.1. The molecule has 4 aromatic rings. The molecular formula is C30H34N6O3. The second kappa shape index (κ2) is 11.2. The van der Waals surface area contributed by atoms with Gasteiger partial charge in [0.2, 0.25) is 0 Å². The van der Waals surface area contributed by atoms with Gasteiger partial charge in [0.1, 0.15) is 35.4 Å². The molecule has 1 saturated heterocycles. The van der Waals surface area contributed by atoms with Crippen LogP contribution in [0.25, 0.3) is 5.69 Å². The number of carbonyl (C=O) groups excluding carboxylic acids is 1. The van der Waals surface area contributed by atoms with Crippen LogP contribution in [0.2, 0.25) is 0 Å². The van der Waals surface area contributed by atoms with Gasteiger partial charge in [0.25, 0.3) is 5.91 Å². The number of hydrogen-bond acceptors (Lipinski definition) is 7. The molecule has 0 spiro atoms. The van der Waals surface area contributed by atoms with Gasteiger partial charge in [0.15, 0.2) is 0 Å². The molecule has 2 aromatic heterocycles. The van der Waals surface area contributed by atoms with Gasteiger partial charge in [-0.2, -0.15) is 0 Å². The summed E-state index contributed by atoms with van der Waals surface area (Å²) >= 11 is 0. The molecule has 0 aliphatic carbocycles. The maximum atomic E-state index is 12.3. The number of benzene rings is 2. The average molecular weight is 527 g/mol. The molecule has 1 fully saturated rings. The van der Waals surface area contributed by atoms with Gasteiger partial charge in [0.05, 0.1) is 5.69 Å². The third-order valence-electron chi connectivity index (χ3n) is 7.10. The van der Waals surface area contributed by atoms with E-state index in [9.17, 15) is 4.79 Å². The lowest BCUT2D eigenvalue weighted by atomic mass is 10.1. The summed E-state index contributed by atoms with van der Waals surface area (Å²) in [5.41, 5.74) is 16.5. The van der Waals surface area contributed by atoms with E-state index in [2.05, 4.69) is 21.9 Å². The molecule has 0 bridgehead atoms. The number of nitrogens with two attached hydrogens (primary N) is 2. The zero-order valence-corrected chi connectivity index (χ0v) is 22.6. The highest BCUT2D eigenvalue weighted by Crippen LogP contribution is 2.31. The van der Waals surface area contributed by atoms with Crippen LogP contribution in [-0.4, -0.2) is 45.0 Å². The lowest BCUT2D eigenvalue weighted by Gasteiger charge is -2.18. The Bertz CT molecular complexity index is 1460. The topological polar surface area (TPSA) is 122 Å². The first-order valence-electron chi connectivity index (χ1n) is 13.1. The monoisotopic (exact) mass is 526 g/mol. The van der Waals surface area contributed by atoms with Crippen molar-refractivity contribution in [1.29, 1.82) is 0 Å².